The van der Waals surface area contributed by atoms with E-state index in [0.29, 0.717) is 5.56 Å². The summed E-state index contributed by atoms with van der Waals surface area (Å²) in [6.07, 6.45) is 3.55. The Hall–Kier alpha value is -2.45. The van der Waals surface area contributed by atoms with Crippen LogP contribution in [0.5, 0.6) is 0 Å². The molecule has 0 fully saturated rings. The largest absolute Gasteiger partial charge is 0.289 e. The van der Waals surface area contributed by atoms with Crippen LogP contribution in [0.2, 0.25) is 0 Å². The number of thiophene rings is 1. The summed E-state index contributed by atoms with van der Waals surface area (Å²) in [4.78, 5) is 13.4. The summed E-state index contributed by atoms with van der Waals surface area (Å²) in [6.45, 7) is 2.05. The van der Waals surface area contributed by atoms with Crippen LogP contribution in [-0.2, 0) is 0 Å². The molecule has 0 saturated heterocycles. The van der Waals surface area contributed by atoms with Gasteiger partial charge in [-0.15, -0.1) is 11.3 Å². The van der Waals surface area contributed by atoms with E-state index in [1.165, 1.54) is 5.56 Å². The van der Waals surface area contributed by atoms with Crippen molar-refractivity contribution in [2.45, 2.75) is 6.92 Å². The highest BCUT2D eigenvalue weighted by Gasteiger charge is 2.03. The number of benzene rings is 2. The molecule has 0 unspecified atom stereocenters. The van der Waals surface area contributed by atoms with Gasteiger partial charge in [-0.05, 0) is 47.2 Å². The smallest absolute Gasteiger partial charge is 0.185 e. The first-order valence-corrected chi connectivity index (χ1v) is 8.04. The maximum Gasteiger partial charge on any atom is 0.185 e. The van der Waals surface area contributed by atoms with Gasteiger partial charge >= 0.3 is 0 Å². The van der Waals surface area contributed by atoms with Crippen molar-refractivity contribution in [3.63, 3.8) is 0 Å². The van der Waals surface area contributed by atoms with Gasteiger partial charge in [0, 0.05) is 10.4 Å². The van der Waals surface area contributed by atoms with Gasteiger partial charge in [0.2, 0.25) is 0 Å². The zero-order valence-electron chi connectivity index (χ0n) is 12.3. The molecule has 1 aromatic heterocycles. The average Bonchev–Trinajstić information content (AvgIpc) is 2.99. The molecule has 3 rings (SSSR count). The molecule has 2 heteroatoms. The molecule has 0 atom stereocenters. The quantitative estimate of drug-likeness (QED) is 0.451. The molecule has 0 bridgehead atoms. The highest BCUT2D eigenvalue weighted by atomic mass is 32.1. The molecular formula is C20H16OS. The van der Waals surface area contributed by atoms with E-state index in [1.54, 1.807) is 17.4 Å². The maximum absolute atomic E-state index is 12.2. The lowest BCUT2D eigenvalue weighted by Crippen LogP contribution is -1.93. The van der Waals surface area contributed by atoms with E-state index < -0.39 is 0 Å². The molecule has 0 amide bonds. The summed E-state index contributed by atoms with van der Waals surface area (Å²) >= 11 is 1.65. The molecule has 0 N–H and O–H groups in total. The molecule has 3 aromatic rings. The number of hydrogen-bond acceptors (Lipinski definition) is 2. The Bertz CT molecular complexity index is 795. The Kier molecular flexibility index (Phi) is 4.31. The normalized spacial score (nSPS) is 11.0. The molecule has 1 nitrogen and oxygen atoms in total. The van der Waals surface area contributed by atoms with E-state index in [-0.39, 0.29) is 5.78 Å². The van der Waals surface area contributed by atoms with Crippen LogP contribution in [0.4, 0.5) is 0 Å². The third-order valence-electron chi connectivity index (χ3n) is 3.56. The maximum atomic E-state index is 12.2. The number of carbonyl (C=O) groups is 1. The first-order chi connectivity index (χ1) is 10.7. The Labute approximate surface area is 134 Å². The summed E-state index contributed by atoms with van der Waals surface area (Å²) in [5.74, 6) is 0.0346. The van der Waals surface area contributed by atoms with Gasteiger partial charge in [0.15, 0.2) is 5.78 Å². The van der Waals surface area contributed by atoms with Crippen LogP contribution in [0.15, 0.2) is 72.1 Å². The van der Waals surface area contributed by atoms with Crippen LogP contribution in [0.25, 0.3) is 17.2 Å². The Morgan fingerprint density at radius 1 is 0.909 bits per heavy atom. The van der Waals surface area contributed by atoms with Gasteiger partial charge in [-0.3, -0.25) is 4.79 Å². The number of hydrogen-bond donors (Lipinski definition) is 0. The van der Waals surface area contributed by atoms with E-state index >= 15 is 0 Å². The lowest BCUT2D eigenvalue weighted by Gasteiger charge is -2.02. The van der Waals surface area contributed by atoms with Gasteiger partial charge in [-0.2, -0.15) is 0 Å². The third-order valence-corrected chi connectivity index (χ3v) is 4.55. The minimum absolute atomic E-state index is 0.0346. The van der Waals surface area contributed by atoms with Crippen molar-refractivity contribution in [2.75, 3.05) is 0 Å². The Balaban J connectivity index is 1.77. The molecule has 0 spiro atoms. The molecule has 22 heavy (non-hydrogen) atoms. The standard InChI is InChI=1S/C20H16OS/c1-15-13-14-22-20(15)12-11-19(21)18-9-7-17(8-10-18)16-5-3-2-4-6-16/h2-14H,1H3. The molecule has 0 aliphatic rings. The summed E-state index contributed by atoms with van der Waals surface area (Å²) in [7, 11) is 0. The molecular weight excluding hydrogens is 288 g/mol. The molecule has 0 radical (unpaired) electrons. The predicted octanol–water partition coefficient (Wildman–Crippen LogP) is 5.62. The fourth-order valence-corrected chi connectivity index (χ4v) is 3.08. The second-order valence-electron chi connectivity index (χ2n) is 5.11. The minimum atomic E-state index is 0.0346. The second kappa shape index (κ2) is 6.54. The Morgan fingerprint density at radius 2 is 1.59 bits per heavy atom. The average molecular weight is 304 g/mol. The van der Waals surface area contributed by atoms with E-state index in [2.05, 4.69) is 25.1 Å². The molecule has 0 aliphatic carbocycles. The summed E-state index contributed by atoms with van der Waals surface area (Å²) < 4.78 is 0. The van der Waals surface area contributed by atoms with E-state index in [9.17, 15) is 4.79 Å². The lowest BCUT2D eigenvalue weighted by molar-refractivity contribution is 0.104. The number of carbonyl (C=O) groups excluding carboxylic acids is 1. The van der Waals surface area contributed by atoms with Gasteiger partial charge < -0.3 is 0 Å². The van der Waals surface area contributed by atoms with Gasteiger partial charge in [0.1, 0.15) is 0 Å². The van der Waals surface area contributed by atoms with Gasteiger partial charge in [-0.25, -0.2) is 0 Å². The van der Waals surface area contributed by atoms with Crippen LogP contribution in [0, 0.1) is 6.92 Å². The molecule has 1 heterocycles. The van der Waals surface area contributed by atoms with Crippen molar-refractivity contribution in [1.29, 1.82) is 0 Å². The SMILES string of the molecule is Cc1ccsc1C=CC(=O)c1ccc(-c2ccccc2)cc1. The number of rotatable bonds is 4. The summed E-state index contributed by atoms with van der Waals surface area (Å²) in [5, 5.41) is 2.04. The zero-order valence-corrected chi connectivity index (χ0v) is 13.1. The van der Waals surface area contributed by atoms with Crippen LogP contribution >= 0.6 is 11.3 Å². The minimum Gasteiger partial charge on any atom is -0.289 e. The second-order valence-corrected chi connectivity index (χ2v) is 6.06. The van der Waals surface area contributed by atoms with Gasteiger partial charge in [-0.1, -0.05) is 54.6 Å². The van der Waals surface area contributed by atoms with E-state index in [4.69, 9.17) is 0 Å². The molecule has 0 aliphatic heterocycles. The van der Waals surface area contributed by atoms with Crippen LogP contribution in [0.3, 0.4) is 0 Å². The van der Waals surface area contributed by atoms with Crippen LogP contribution in [-0.4, -0.2) is 5.78 Å². The highest BCUT2D eigenvalue weighted by Crippen LogP contribution is 2.20. The number of ketones is 1. The number of aryl methyl sites for hydroxylation is 1. The highest BCUT2D eigenvalue weighted by molar-refractivity contribution is 7.11. The van der Waals surface area contributed by atoms with Crippen molar-refractivity contribution in [1.82, 2.24) is 0 Å². The fourth-order valence-electron chi connectivity index (χ4n) is 2.26. The first-order valence-electron chi connectivity index (χ1n) is 7.16. The van der Waals surface area contributed by atoms with Gasteiger partial charge in [0.05, 0.1) is 0 Å². The van der Waals surface area contributed by atoms with Crippen molar-refractivity contribution in [3.05, 3.63) is 88.1 Å². The summed E-state index contributed by atoms with van der Waals surface area (Å²) in [5.41, 5.74) is 4.19. The molecule has 2 aromatic carbocycles. The van der Waals surface area contributed by atoms with Crippen molar-refractivity contribution in [2.24, 2.45) is 0 Å². The molecule has 108 valence electrons. The van der Waals surface area contributed by atoms with Gasteiger partial charge in [0.25, 0.3) is 0 Å². The third kappa shape index (κ3) is 3.23. The van der Waals surface area contributed by atoms with Crippen molar-refractivity contribution in [3.8, 4) is 11.1 Å². The predicted molar refractivity (Wildman–Crippen MR) is 94.3 cm³/mol. The summed E-state index contributed by atoms with van der Waals surface area (Å²) in [6, 6.07) is 20.0. The van der Waals surface area contributed by atoms with Crippen LogP contribution in [0.1, 0.15) is 20.8 Å². The monoisotopic (exact) mass is 304 g/mol. The Morgan fingerprint density at radius 3 is 2.23 bits per heavy atom. The lowest BCUT2D eigenvalue weighted by atomic mass is 10.0. The fraction of sp³-hybridized carbons (Fsp3) is 0.0500. The van der Waals surface area contributed by atoms with Crippen molar-refractivity contribution < 1.29 is 4.79 Å². The van der Waals surface area contributed by atoms with E-state index in [1.807, 2.05) is 53.9 Å². The first kappa shape index (κ1) is 14.5. The topological polar surface area (TPSA) is 17.1 Å². The van der Waals surface area contributed by atoms with Crippen molar-refractivity contribution >= 4 is 23.2 Å². The van der Waals surface area contributed by atoms with E-state index in [0.717, 1.165) is 16.0 Å². The van der Waals surface area contributed by atoms with Crippen LogP contribution < -0.4 is 0 Å². The number of allylic oxidation sites excluding steroid dienone is 1. The molecule has 0 saturated carbocycles. The zero-order chi connectivity index (χ0) is 15.4.